The number of aliphatic hydroxyl groups is 1. The van der Waals surface area contributed by atoms with Crippen LogP contribution in [0.15, 0.2) is 0 Å². The predicted molar refractivity (Wildman–Crippen MR) is 67.3 cm³/mol. The Morgan fingerprint density at radius 1 is 1.21 bits per heavy atom. The third-order valence-electron chi connectivity index (χ3n) is 2.21. The molecule has 0 aromatic rings. The summed E-state index contributed by atoms with van der Waals surface area (Å²) in [7, 11) is 0. The van der Waals surface area contributed by atoms with E-state index in [-0.39, 0.29) is 25.2 Å². The zero-order chi connectivity index (χ0) is 15.1. The van der Waals surface area contributed by atoms with Crippen molar-refractivity contribution in [3.63, 3.8) is 0 Å². The summed E-state index contributed by atoms with van der Waals surface area (Å²) in [6.07, 6.45) is -0.755. The van der Waals surface area contributed by atoms with Crippen molar-refractivity contribution in [2.45, 2.75) is 58.7 Å². The lowest BCUT2D eigenvalue weighted by molar-refractivity contribution is -0.160. The van der Waals surface area contributed by atoms with Crippen molar-refractivity contribution >= 4 is 17.7 Å². The number of rotatable bonds is 8. The van der Waals surface area contributed by atoms with E-state index in [1.165, 1.54) is 13.8 Å². The number of ether oxygens (including phenoxy) is 2. The number of hydrogen-bond acceptors (Lipinski definition) is 6. The van der Waals surface area contributed by atoms with Crippen LogP contribution in [-0.2, 0) is 23.9 Å². The second kappa shape index (κ2) is 7.89. The number of carbonyl (C=O) groups excluding carboxylic acids is 3. The molecule has 0 amide bonds. The molecule has 0 aliphatic carbocycles. The van der Waals surface area contributed by atoms with Crippen LogP contribution in [0.1, 0.15) is 47.0 Å². The maximum Gasteiger partial charge on any atom is 0.313 e. The molecule has 0 rings (SSSR count). The molecule has 1 unspecified atom stereocenters. The molecule has 1 atom stereocenters. The maximum absolute atomic E-state index is 11.4. The zero-order valence-electron chi connectivity index (χ0n) is 11.9. The average Bonchev–Trinajstić information content (AvgIpc) is 2.12. The molecule has 0 fully saturated rings. The molecule has 0 aromatic heterocycles. The number of esters is 2. The van der Waals surface area contributed by atoms with Crippen molar-refractivity contribution in [3.8, 4) is 0 Å². The lowest BCUT2D eigenvalue weighted by atomic mass is 10.1. The Bertz CT molecular complexity index is 332. The van der Waals surface area contributed by atoms with Crippen LogP contribution in [0.25, 0.3) is 0 Å². The summed E-state index contributed by atoms with van der Waals surface area (Å²) < 4.78 is 10.0. The summed E-state index contributed by atoms with van der Waals surface area (Å²) >= 11 is 0. The molecule has 0 aliphatic heterocycles. The molecule has 19 heavy (non-hydrogen) atoms. The van der Waals surface area contributed by atoms with Gasteiger partial charge in [-0.1, -0.05) is 0 Å². The maximum atomic E-state index is 11.4. The molecule has 0 saturated carbocycles. The fourth-order valence-electron chi connectivity index (χ4n) is 1.31. The molecule has 110 valence electrons. The van der Waals surface area contributed by atoms with Gasteiger partial charge in [-0.25, -0.2) is 0 Å². The van der Waals surface area contributed by atoms with Crippen molar-refractivity contribution in [2.24, 2.45) is 0 Å². The first-order valence-corrected chi connectivity index (χ1v) is 6.17. The van der Waals surface area contributed by atoms with E-state index in [1.807, 2.05) is 0 Å². The summed E-state index contributed by atoms with van der Waals surface area (Å²) in [4.78, 5) is 33.2. The van der Waals surface area contributed by atoms with Gasteiger partial charge in [0.25, 0.3) is 0 Å². The Balaban J connectivity index is 3.99. The highest BCUT2D eigenvalue weighted by Crippen LogP contribution is 2.16. The Morgan fingerprint density at radius 3 is 2.26 bits per heavy atom. The summed E-state index contributed by atoms with van der Waals surface area (Å²) in [5.74, 6) is -1.35. The number of aliphatic hydroxyl groups excluding tert-OH is 1. The Labute approximate surface area is 113 Å². The smallest absolute Gasteiger partial charge is 0.313 e. The van der Waals surface area contributed by atoms with Gasteiger partial charge in [0.1, 0.15) is 17.8 Å². The van der Waals surface area contributed by atoms with Gasteiger partial charge in [0, 0.05) is 6.42 Å². The highest BCUT2D eigenvalue weighted by atomic mass is 16.6. The second-order valence-electron chi connectivity index (χ2n) is 5.14. The average molecular weight is 274 g/mol. The first kappa shape index (κ1) is 17.6. The van der Waals surface area contributed by atoms with Crippen LogP contribution in [0.2, 0.25) is 0 Å². The molecule has 0 aromatic carbocycles. The third-order valence-corrected chi connectivity index (χ3v) is 2.21. The molecule has 1 N–H and O–H groups in total. The summed E-state index contributed by atoms with van der Waals surface area (Å²) in [6, 6.07) is 0. The number of Topliss-reactive ketones (excluding diaryl/α,β-unsaturated/α-hetero) is 1. The fraction of sp³-hybridized carbons (Fsp3) is 0.769. The molecule has 6 heteroatoms. The quantitative estimate of drug-likeness (QED) is 0.524. The van der Waals surface area contributed by atoms with E-state index < -0.39 is 23.6 Å². The predicted octanol–water partition coefficient (Wildman–Crippen LogP) is 0.992. The molecule has 0 saturated heterocycles. The van der Waals surface area contributed by atoms with E-state index in [1.54, 1.807) is 13.8 Å². The zero-order valence-corrected chi connectivity index (χ0v) is 11.9. The minimum atomic E-state index is -0.789. The standard InChI is InChI=1S/C13H22O6/c1-9(14)7-11(16)18-6-5-13(3,4)19-12(17)8-10(2)15/h10,15H,5-8H2,1-4H3. The van der Waals surface area contributed by atoms with Gasteiger partial charge in [0.15, 0.2) is 0 Å². The Morgan fingerprint density at radius 2 is 1.79 bits per heavy atom. The van der Waals surface area contributed by atoms with Crippen molar-refractivity contribution < 1.29 is 29.0 Å². The van der Waals surface area contributed by atoms with Gasteiger partial charge in [-0.3, -0.25) is 14.4 Å². The number of ketones is 1. The van der Waals surface area contributed by atoms with Gasteiger partial charge in [0.2, 0.25) is 0 Å². The molecular formula is C13H22O6. The summed E-state index contributed by atoms with van der Waals surface area (Å²) in [6.45, 7) is 6.25. The van der Waals surface area contributed by atoms with Gasteiger partial charge in [-0.05, 0) is 27.7 Å². The topological polar surface area (TPSA) is 89.9 Å². The van der Waals surface area contributed by atoms with Gasteiger partial charge in [-0.15, -0.1) is 0 Å². The molecule has 0 aliphatic rings. The molecule has 0 heterocycles. The molecular weight excluding hydrogens is 252 g/mol. The lowest BCUT2D eigenvalue weighted by Gasteiger charge is -2.25. The van der Waals surface area contributed by atoms with E-state index in [9.17, 15) is 14.4 Å². The van der Waals surface area contributed by atoms with Crippen LogP contribution >= 0.6 is 0 Å². The number of carbonyl (C=O) groups is 3. The van der Waals surface area contributed by atoms with E-state index >= 15 is 0 Å². The largest absolute Gasteiger partial charge is 0.465 e. The van der Waals surface area contributed by atoms with E-state index in [2.05, 4.69) is 0 Å². The van der Waals surface area contributed by atoms with E-state index in [0.29, 0.717) is 6.42 Å². The highest BCUT2D eigenvalue weighted by molar-refractivity contribution is 5.94. The van der Waals surface area contributed by atoms with Crippen LogP contribution in [0.3, 0.4) is 0 Å². The van der Waals surface area contributed by atoms with Crippen LogP contribution in [-0.4, -0.2) is 41.1 Å². The highest BCUT2D eigenvalue weighted by Gasteiger charge is 2.24. The van der Waals surface area contributed by atoms with Crippen molar-refractivity contribution in [1.29, 1.82) is 0 Å². The van der Waals surface area contributed by atoms with Crippen LogP contribution in [0.5, 0.6) is 0 Å². The Kier molecular flexibility index (Phi) is 7.29. The summed E-state index contributed by atoms with van der Waals surface area (Å²) in [5.41, 5.74) is -0.789. The van der Waals surface area contributed by atoms with Gasteiger partial charge in [0.05, 0.1) is 19.1 Å². The van der Waals surface area contributed by atoms with Crippen LogP contribution < -0.4 is 0 Å². The molecule has 0 radical (unpaired) electrons. The van der Waals surface area contributed by atoms with Crippen molar-refractivity contribution in [3.05, 3.63) is 0 Å². The van der Waals surface area contributed by atoms with E-state index in [4.69, 9.17) is 14.6 Å². The van der Waals surface area contributed by atoms with E-state index in [0.717, 1.165) is 0 Å². The van der Waals surface area contributed by atoms with Crippen molar-refractivity contribution in [2.75, 3.05) is 6.61 Å². The molecule has 0 spiro atoms. The first-order valence-electron chi connectivity index (χ1n) is 6.17. The minimum Gasteiger partial charge on any atom is -0.465 e. The van der Waals surface area contributed by atoms with Crippen LogP contribution in [0, 0.1) is 0 Å². The SMILES string of the molecule is CC(=O)CC(=O)OCCC(C)(C)OC(=O)CC(C)O. The third kappa shape index (κ3) is 10.2. The van der Waals surface area contributed by atoms with Gasteiger partial charge >= 0.3 is 11.9 Å². The molecule has 6 nitrogen and oxygen atoms in total. The Hall–Kier alpha value is -1.43. The first-order chi connectivity index (χ1) is 8.62. The lowest BCUT2D eigenvalue weighted by Crippen LogP contribution is -2.31. The monoisotopic (exact) mass is 274 g/mol. The summed E-state index contributed by atoms with van der Waals surface area (Å²) in [5, 5.41) is 9.05. The van der Waals surface area contributed by atoms with Crippen LogP contribution in [0.4, 0.5) is 0 Å². The normalized spacial score (nSPS) is 12.7. The molecule has 0 bridgehead atoms. The van der Waals surface area contributed by atoms with Gasteiger partial charge in [-0.2, -0.15) is 0 Å². The fourth-order valence-corrected chi connectivity index (χ4v) is 1.31. The minimum absolute atomic E-state index is 0.0705. The number of hydrogen-bond donors (Lipinski definition) is 1. The van der Waals surface area contributed by atoms with Gasteiger partial charge < -0.3 is 14.6 Å². The van der Waals surface area contributed by atoms with Crippen molar-refractivity contribution in [1.82, 2.24) is 0 Å². The second-order valence-corrected chi connectivity index (χ2v) is 5.14.